The van der Waals surface area contributed by atoms with E-state index in [1.807, 2.05) is 0 Å². The first kappa shape index (κ1) is 14.8. The summed E-state index contributed by atoms with van der Waals surface area (Å²) in [6.45, 7) is 1.28. The van der Waals surface area contributed by atoms with Gasteiger partial charge in [0.05, 0.1) is 12.0 Å². The Morgan fingerprint density at radius 2 is 1.96 bits per heavy atom. The molecule has 0 radical (unpaired) electrons. The Morgan fingerprint density at radius 3 is 2.74 bits per heavy atom. The number of hydrogen-bond acceptors (Lipinski definition) is 4. The quantitative estimate of drug-likeness (QED) is 0.673. The minimum atomic E-state index is -0.493. The SMILES string of the molecule is CC(=O)Oc1ccccc1C(=O)Nc1ccc2c(c1)CC(=O)N2. The van der Waals surface area contributed by atoms with Crippen LogP contribution in [0.15, 0.2) is 42.5 Å². The molecular weight excluding hydrogens is 296 g/mol. The highest BCUT2D eigenvalue weighted by Crippen LogP contribution is 2.27. The monoisotopic (exact) mass is 310 g/mol. The highest BCUT2D eigenvalue weighted by molar-refractivity contribution is 6.07. The molecule has 2 aromatic rings. The fourth-order valence-electron chi connectivity index (χ4n) is 2.40. The van der Waals surface area contributed by atoms with Gasteiger partial charge in [-0.05, 0) is 35.9 Å². The molecule has 0 spiro atoms. The molecule has 1 aliphatic rings. The van der Waals surface area contributed by atoms with Crippen molar-refractivity contribution in [2.45, 2.75) is 13.3 Å². The standard InChI is InChI=1S/C17H14N2O4/c1-10(20)23-15-5-3-2-4-13(15)17(22)18-12-6-7-14-11(8-12)9-16(21)19-14/h2-8H,9H2,1H3,(H,18,22)(H,19,21). The molecule has 2 amide bonds. The number of ether oxygens (including phenoxy) is 1. The van der Waals surface area contributed by atoms with E-state index in [2.05, 4.69) is 10.6 Å². The molecule has 6 heteroatoms. The van der Waals surface area contributed by atoms with Crippen LogP contribution in [0.5, 0.6) is 5.75 Å². The number of esters is 1. The van der Waals surface area contributed by atoms with Gasteiger partial charge < -0.3 is 15.4 Å². The molecule has 6 nitrogen and oxygen atoms in total. The number of rotatable bonds is 3. The maximum Gasteiger partial charge on any atom is 0.308 e. The number of para-hydroxylation sites is 1. The maximum absolute atomic E-state index is 12.4. The first-order valence-corrected chi connectivity index (χ1v) is 7.04. The van der Waals surface area contributed by atoms with Gasteiger partial charge in [0.1, 0.15) is 5.75 Å². The van der Waals surface area contributed by atoms with Gasteiger partial charge >= 0.3 is 5.97 Å². The molecule has 3 rings (SSSR count). The van der Waals surface area contributed by atoms with E-state index in [0.29, 0.717) is 12.1 Å². The number of hydrogen-bond donors (Lipinski definition) is 2. The number of nitrogens with one attached hydrogen (secondary N) is 2. The third kappa shape index (κ3) is 3.21. The topological polar surface area (TPSA) is 84.5 Å². The minimum absolute atomic E-state index is 0.0660. The number of carbonyl (C=O) groups is 3. The molecule has 116 valence electrons. The molecule has 23 heavy (non-hydrogen) atoms. The summed E-state index contributed by atoms with van der Waals surface area (Å²) < 4.78 is 5.04. The second kappa shape index (κ2) is 5.92. The second-order valence-electron chi connectivity index (χ2n) is 5.14. The summed E-state index contributed by atoms with van der Waals surface area (Å²) in [5, 5.41) is 5.48. The first-order valence-electron chi connectivity index (χ1n) is 7.04. The van der Waals surface area contributed by atoms with E-state index in [4.69, 9.17) is 4.74 Å². The molecule has 1 aliphatic heterocycles. The Balaban J connectivity index is 1.82. The van der Waals surface area contributed by atoms with Crippen molar-refractivity contribution >= 4 is 29.2 Å². The van der Waals surface area contributed by atoms with Crippen molar-refractivity contribution in [1.82, 2.24) is 0 Å². The van der Waals surface area contributed by atoms with E-state index in [1.165, 1.54) is 6.92 Å². The molecule has 2 aromatic carbocycles. The molecule has 1 heterocycles. The van der Waals surface area contributed by atoms with Crippen LogP contribution in [-0.4, -0.2) is 17.8 Å². The third-order valence-electron chi connectivity index (χ3n) is 3.37. The summed E-state index contributed by atoms with van der Waals surface area (Å²) in [4.78, 5) is 34.9. The van der Waals surface area contributed by atoms with Crippen molar-refractivity contribution < 1.29 is 19.1 Å². The van der Waals surface area contributed by atoms with Gasteiger partial charge in [-0.15, -0.1) is 0 Å². The van der Waals surface area contributed by atoms with Crippen LogP contribution in [0.3, 0.4) is 0 Å². The number of anilines is 2. The van der Waals surface area contributed by atoms with Crippen molar-refractivity contribution in [2.75, 3.05) is 10.6 Å². The Hall–Kier alpha value is -3.15. The summed E-state index contributed by atoms with van der Waals surface area (Å²) in [7, 11) is 0. The lowest BCUT2D eigenvalue weighted by Gasteiger charge is -2.10. The van der Waals surface area contributed by atoms with Crippen molar-refractivity contribution in [2.24, 2.45) is 0 Å². The summed E-state index contributed by atoms with van der Waals surface area (Å²) in [6, 6.07) is 11.7. The minimum Gasteiger partial charge on any atom is -0.426 e. The van der Waals surface area contributed by atoms with Crippen molar-refractivity contribution in [3.05, 3.63) is 53.6 Å². The predicted octanol–water partition coefficient (Wildman–Crippen LogP) is 2.36. The molecular formula is C17H14N2O4. The molecule has 0 fully saturated rings. The number of fused-ring (bicyclic) bond motifs is 1. The lowest BCUT2D eigenvalue weighted by molar-refractivity contribution is -0.131. The van der Waals surface area contributed by atoms with Gasteiger partial charge in [0.25, 0.3) is 5.91 Å². The third-order valence-corrected chi connectivity index (χ3v) is 3.37. The number of benzene rings is 2. The van der Waals surface area contributed by atoms with Crippen LogP contribution in [0.1, 0.15) is 22.8 Å². The molecule has 0 aliphatic carbocycles. The Labute approximate surface area is 132 Å². The highest BCUT2D eigenvalue weighted by atomic mass is 16.5. The van der Waals surface area contributed by atoms with Gasteiger partial charge in [-0.2, -0.15) is 0 Å². The van der Waals surface area contributed by atoms with Gasteiger partial charge in [-0.25, -0.2) is 0 Å². The van der Waals surface area contributed by atoms with Crippen LogP contribution >= 0.6 is 0 Å². The lowest BCUT2D eigenvalue weighted by Crippen LogP contribution is -2.14. The summed E-state index contributed by atoms with van der Waals surface area (Å²) in [6.07, 6.45) is 0.295. The van der Waals surface area contributed by atoms with E-state index in [1.54, 1.807) is 42.5 Å². The van der Waals surface area contributed by atoms with Crippen LogP contribution in [0.25, 0.3) is 0 Å². The summed E-state index contributed by atoms with van der Waals surface area (Å²) >= 11 is 0. The van der Waals surface area contributed by atoms with Gasteiger partial charge in [0, 0.05) is 18.3 Å². The Kier molecular flexibility index (Phi) is 3.80. The molecule has 0 unspecified atom stereocenters. The molecule has 0 saturated carbocycles. The van der Waals surface area contributed by atoms with E-state index < -0.39 is 5.97 Å². The predicted molar refractivity (Wildman–Crippen MR) is 84.5 cm³/mol. The van der Waals surface area contributed by atoms with Gasteiger partial charge in [-0.1, -0.05) is 12.1 Å². The smallest absolute Gasteiger partial charge is 0.308 e. The second-order valence-corrected chi connectivity index (χ2v) is 5.14. The summed E-state index contributed by atoms with van der Waals surface area (Å²) in [5.74, 6) is -0.745. The van der Waals surface area contributed by atoms with E-state index in [9.17, 15) is 14.4 Å². The van der Waals surface area contributed by atoms with Crippen LogP contribution in [-0.2, 0) is 16.0 Å². The van der Waals surface area contributed by atoms with Gasteiger partial charge in [0.2, 0.25) is 5.91 Å². The van der Waals surface area contributed by atoms with Crippen LogP contribution in [0, 0.1) is 0 Å². The first-order chi connectivity index (χ1) is 11.0. The summed E-state index contributed by atoms with van der Waals surface area (Å²) in [5.41, 5.74) is 2.43. The maximum atomic E-state index is 12.4. The molecule has 0 aromatic heterocycles. The average molecular weight is 310 g/mol. The largest absolute Gasteiger partial charge is 0.426 e. The lowest BCUT2D eigenvalue weighted by atomic mass is 10.1. The fraction of sp³-hybridized carbons (Fsp3) is 0.118. The van der Waals surface area contributed by atoms with Crippen LogP contribution < -0.4 is 15.4 Å². The van der Waals surface area contributed by atoms with Crippen molar-refractivity contribution in [3.63, 3.8) is 0 Å². The highest BCUT2D eigenvalue weighted by Gasteiger charge is 2.19. The fourth-order valence-corrected chi connectivity index (χ4v) is 2.40. The molecule has 0 atom stereocenters. The Morgan fingerprint density at radius 1 is 1.17 bits per heavy atom. The van der Waals surface area contributed by atoms with Crippen molar-refractivity contribution in [1.29, 1.82) is 0 Å². The zero-order valence-corrected chi connectivity index (χ0v) is 12.4. The van der Waals surface area contributed by atoms with Gasteiger partial charge in [0.15, 0.2) is 0 Å². The van der Waals surface area contributed by atoms with Gasteiger partial charge in [-0.3, -0.25) is 14.4 Å². The molecule has 0 bridgehead atoms. The normalized spacial score (nSPS) is 12.3. The average Bonchev–Trinajstić information content (AvgIpc) is 2.86. The van der Waals surface area contributed by atoms with E-state index >= 15 is 0 Å². The van der Waals surface area contributed by atoms with Crippen molar-refractivity contribution in [3.8, 4) is 5.75 Å². The Bertz CT molecular complexity index is 814. The number of amides is 2. The zero-order chi connectivity index (χ0) is 16.4. The zero-order valence-electron chi connectivity index (χ0n) is 12.4. The van der Waals surface area contributed by atoms with Crippen LogP contribution in [0.2, 0.25) is 0 Å². The van der Waals surface area contributed by atoms with E-state index in [0.717, 1.165) is 11.3 Å². The number of carbonyl (C=O) groups excluding carboxylic acids is 3. The van der Waals surface area contributed by atoms with E-state index in [-0.39, 0.29) is 23.1 Å². The van der Waals surface area contributed by atoms with Crippen LogP contribution in [0.4, 0.5) is 11.4 Å². The molecule has 2 N–H and O–H groups in total. The molecule has 0 saturated heterocycles.